The number of aromatic nitrogens is 2. The van der Waals surface area contributed by atoms with Gasteiger partial charge in [0.05, 0.1) is 11.5 Å². The molecule has 2 aromatic heterocycles. The van der Waals surface area contributed by atoms with E-state index in [0.717, 1.165) is 5.69 Å². The van der Waals surface area contributed by atoms with Gasteiger partial charge in [-0.2, -0.15) is 4.98 Å². The number of pyridine rings is 1. The molecule has 0 saturated carbocycles. The van der Waals surface area contributed by atoms with Gasteiger partial charge in [0, 0.05) is 56.1 Å². The Bertz CT molecular complexity index is 1090. The van der Waals surface area contributed by atoms with Crippen molar-refractivity contribution in [2.45, 2.75) is 25.9 Å². The van der Waals surface area contributed by atoms with Gasteiger partial charge in [0.25, 0.3) is 0 Å². The zero-order valence-corrected chi connectivity index (χ0v) is 18.1. The van der Waals surface area contributed by atoms with Crippen LogP contribution in [-0.2, 0) is 9.47 Å². The van der Waals surface area contributed by atoms with Crippen molar-refractivity contribution < 1.29 is 23.9 Å². The quantitative estimate of drug-likeness (QED) is 0.288. The van der Waals surface area contributed by atoms with Crippen molar-refractivity contribution in [3.8, 4) is 17.3 Å². The van der Waals surface area contributed by atoms with Gasteiger partial charge in [0.2, 0.25) is 11.7 Å². The van der Waals surface area contributed by atoms with Crippen LogP contribution >= 0.6 is 0 Å². The topological polar surface area (TPSA) is 109 Å². The molecule has 0 amide bonds. The number of carbonyl (C=O) groups is 1. The van der Waals surface area contributed by atoms with Gasteiger partial charge < -0.3 is 23.7 Å². The summed E-state index contributed by atoms with van der Waals surface area (Å²) in [7, 11) is 0. The molecule has 0 N–H and O–H groups in total. The van der Waals surface area contributed by atoms with E-state index in [1.807, 2.05) is 58.3 Å². The van der Waals surface area contributed by atoms with Crippen LogP contribution in [0.3, 0.4) is 0 Å². The standard InChI is InChI=1S/C23H24N4O6/c1-2-31-23(28)33-19-11-15-26(16-12-19)22-20(27(29)30)9-10-21(24-22)32-18-7-5-17(6-8-18)25-13-3-4-14-25/h3-10,13-14,19H,2,11-12,15-16H2,1H3. The molecule has 1 aliphatic rings. The summed E-state index contributed by atoms with van der Waals surface area (Å²) >= 11 is 0. The fourth-order valence-electron chi connectivity index (χ4n) is 3.64. The van der Waals surface area contributed by atoms with E-state index in [9.17, 15) is 14.9 Å². The molecule has 3 aromatic rings. The second-order valence-electron chi connectivity index (χ2n) is 7.42. The number of nitrogens with zero attached hydrogens (tertiary/aromatic N) is 4. The summed E-state index contributed by atoms with van der Waals surface area (Å²) in [5.74, 6) is 1.06. The summed E-state index contributed by atoms with van der Waals surface area (Å²) in [6.07, 6.45) is 3.94. The predicted molar refractivity (Wildman–Crippen MR) is 120 cm³/mol. The van der Waals surface area contributed by atoms with Crippen LogP contribution in [0, 0.1) is 10.1 Å². The van der Waals surface area contributed by atoms with Crippen molar-refractivity contribution in [3.63, 3.8) is 0 Å². The van der Waals surface area contributed by atoms with Crippen LogP contribution in [-0.4, -0.2) is 46.4 Å². The van der Waals surface area contributed by atoms with Crippen LogP contribution < -0.4 is 9.64 Å². The van der Waals surface area contributed by atoms with Crippen LogP contribution in [0.1, 0.15) is 19.8 Å². The number of hydrogen-bond acceptors (Lipinski definition) is 8. The molecular formula is C23H24N4O6. The maximum atomic E-state index is 11.6. The van der Waals surface area contributed by atoms with Crippen LogP contribution in [0.25, 0.3) is 5.69 Å². The lowest BCUT2D eigenvalue weighted by Gasteiger charge is -2.31. The number of nitro groups is 1. The van der Waals surface area contributed by atoms with Gasteiger partial charge in [-0.15, -0.1) is 0 Å². The minimum absolute atomic E-state index is 0.102. The number of carbonyl (C=O) groups excluding carboxylic acids is 1. The van der Waals surface area contributed by atoms with Crippen molar-refractivity contribution in [3.05, 3.63) is 71.0 Å². The summed E-state index contributed by atoms with van der Waals surface area (Å²) in [6, 6.07) is 14.2. The first-order valence-electron chi connectivity index (χ1n) is 10.7. The van der Waals surface area contributed by atoms with Gasteiger partial charge in [-0.05, 0) is 43.3 Å². The van der Waals surface area contributed by atoms with Crippen LogP contribution in [0.2, 0.25) is 0 Å². The van der Waals surface area contributed by atoms with Crippen molar-refractivity contribution in [2.75, 3.05) is 24.6 Å². The Kier molecular flexibility index (Phi) is 6.72. The first-order valence-corrected chi connectivity index (χ1v) is 10.7. The predicted octanol–water partition coefficient (Wildman–Crippen LogP) is 4.71. The molecule has 1 saturated heterocycles. The summed E-state index contributed by atoms with van der Waals surface area (Å²) in [6.45, 7) is 2.86. The van der Waals surface area contributed by atoms with E-state index in [0.29, 0.717) is 31.7 Å². The number of anilines is 1. The monoisotopic (exact) mass is 452 g/mol. The van der Waals surface area contributed by atoms with E-state index in [4.69, 9.17) is 14.2 Å². The fourth-order valence-corrected chi connectivity index (χ4v) is 3.64. The van der Waals surface area contributed by atoms with Gasteiger partial charge >= 0.3 is 11.8 Å². The highest BCUT2D eigenvalue weighted by Gasteiger charge is 2.28. The number of rotatable bonds is 7. The summed E-state index contributed by atoms with van der Waals surface area (Å²) in [5, 5.41) is 11.6. The van der Waals surface area contributed by atoms with Crippen LogP contribution in [0.5, 0.6) is 11.6 Å². The first kappa shape index (κ1) is 22.1. The molecule has 0 radical (unpaired) electrons. The molecule has 0 bridgehead atoms. The Balaban J connectivity index is 1.46. The van der Waals surface area contributed by atoms with Crippen molar-refractivity contribution in [1.82, 2.24) is 9.55 Å². The molecule has 0 unspecified atom stereocenters. The number of hydrogen-bond donors (Lipinski definition) is 0. The van der Waals surface area contributed by atoms with Crippen molar-refractivity contribution in [1.29, 1.82) is 0 Å². The summed E-state index contributed by atoms with van der Waals surface area (Å²) < 4.78 is 17.9. The highest BCUT2D eigenvalue weighted by Crippen LogP contribution is 2.32. The Morgan fingerprint density at radius 1 is 1.12 bits per heavy atom. The van der Waals surface area contributed by atoms with Crippen LogP contribution in [0.15, 0.2) is 60.9 Å². The third kappa shape index (κ3) is 5.40. The normalized spacial score (nSPS) is 14.0. The van der Waals surface area contributed by atoms with E-state index >= 15 is 0 Å². The highest BCUT2D eigenvalue weighted by atomic mass is 16.7. The van der Waals surface area contributed by atoms with Gasteiger partial charge in [0.15, 0.2) is 0 Å². The number of ether oxygens (including phenoxy) is 3. The molecule has 0 spiro atoms. The first-order chi connectivity index (χ1) is 16.0. The molecule has 10 nitrogen and oxygen atoms in total. The highest BCUT2D eigenvalue weighted by molar-refractivity contribution is 5.61. The number of benzene rings is 1. The Morgan fingerprint density at radius 2 is 1.82 bits per heavy atom. The molecule has 3 heterocycles. The zero-order chi connectivity index (χ0) is 23.2. The van der Waals surface area contributed by atoms with Crippen molar-refractivity contribution >= 4 is 17.7 Å². The lowest BCUT2D eigenvalue weighted by molar-refractivity contribution is -0.384. The third-order valence-corrected chi connectivity index (χ3v) is 5.25. The molecule has 0 atom stereocenters. The lowest BCUT2D eigenvalue weighted by atomic mass is 10.1. The van der Waals surface area contributed by atoms with E-state index in [2.05, 4.69) is 4.98 Å². The van der Waals surface area contributed by atoms with E-state index in [1.54, 1.807) is 6.92 Å². The Labute approximate surface area is 190 Å². The van der Waals surface area contributed by atoms with Gasteiger partial charge in [-0.3, -0.25) is 10.1 Å². The van der Waals surface area contributed by atoms with Gasteiger partial charge in [-0.1, -0.05) is 0 Å². The Hall–Kier alpha value is -4.08. The zero-order valence-electron chi connectivity index (χ0n) is 18.1. The minimum Gasteiger partial charge on any atom is -0.439 e. The second-order valence-corrected chi connectivity index (χ2v) is 7.42. The largest absolute Gasteiger partial charge is 0.508 e. The molecule has 4 rings (SSSR count). The van der Waals surface area contributed by atoms with E-state index < -0.39 is 11.1 Å². The Morgan fingerprint density at radius 3 is 2.45 bits per heavy atom. The molecule has 0 aliphatic carbocycles. The fraction of sp³-hybridized carbons (Fsp3) is 0.304. The number of piperidine rings is 1. The third-order valence-electron chi connectivity index (χ3n) is 5.25. The summed E-state index contributed by atoms with van der Waals surface area (Å²) in [5.41, 5.74) is 0.882. The molecule has 1 aliphatic heterocycles. The van der Waals surface area contributed by atoms with Crippen LogP contribution in [0.4, 0.5) is 16.3 Å². The van der Waals surface area contributed by atoms with Crippen molar-refractivity contribution in [2.24, 2.45) is 0 Å². The SMILES string of the molecule is CCOC(=O)OC1CCN(c2nc(Oc3ccc(-n4cccc4)cc3)ccc2[N+](=O)[O-])CC1. The maximum Gasteiger partial charge on any atom is 0.508 e. The summed E-state index contributed by atoms with van der Waals surface area (Å²) in [4.78, 5) is 28.9. The smallest absolute Gasteiger partial charge is 0.439 e. The lowest BCUT2D eigenvalue weighted by Crippen LogP contribution is -2.38. The average molecular weight is 452 g/mol. The molecule has 1 aromatic carbocycles. The molecular weight excluding hydrogens is 428 g/mol. The van der Waals surface area contributed by atoms with Gasteiger partial charge in [-0.25, -0.2) is 4.79 Å². The van der Waals surface area contributed by atoms with E-state index in [1.165, 1.54) is 12.1 Å². The molecule has 33 heavy (non-hydrogen) atoms. The van der Waals surface area contributed by atoms with E-state index in [-0.39, 0.29) is 30.1 Å². The molecule has 10 heteroatoms. The minimum atomic E-state index is -0.696. The average Bonchev–Trinajstić information content (AvgIpc) is 3.35. The molecule has 1 fully saturated rings. The maximum absolute atomic E-state index is 11.6. The molecule has 172 valence electrons. The van der Waals surface area contributed by atoms with Gasteiger partial charge in [0.1, 0.15) is 11.9 Å². The second kappa shape index (κ2) is 10.0.